The third-order valence-electron chi connectivity index (χ3n) is 3.95. The van der Waals surface area contributed by atoms with Gasteiger partial charge in [0, 0.05) is 5.56 Å². The SMILES string of the molecule is COc1ccc(-c2nc(C3(N)CCCCC3)no2)cc1. The highest BCUT2D eigenvalue weighted by molar-refractivity contribution is 5.54. The van der Waals surface area contributed by atoms with Gasteiger partial charge < -0.3 is 15.0 Å². The average molecular weight is 273 g/mol. The van der Waals surface area contributed by atoms with Crippen LogP contribution in [-0.2, 0) is 5.54 Å². The fraction of sp³-hybridized carbons (Fsp3) is 0.467. The monoisotopic (exact) mass is 273 g/mol. The van der Waals surface area contributed by atoms with Crippen LogP contribution in [0.1, 0.15) is 37.9 Å². The zero-order chi connectivity index (χ0) is 14.0. The van der Waals surface area contributed by atoms with Gasteiger partial charge >= 0.3 is 0 Å². The Kier molecular flexibility index (Phi) is 3.44. The second-order valence-corrected chi connectivity index (χ2v) is 5.37. The molecule has 2 N–H and O–H groups in total. The van der Waals surface area contributed by atoms with Crippen LogP contribution in [0.3, 0.4) is 0 Å². The van der Waals surface area contributed by atoms with Gasteiger partial charge in [0.25, 0.3) is 5.89 Å². The molecule has 1 aromatic carbocycles. The molecule has 0 spiro atoms. The Balaban J connectivity index is 1.85. The van der Waals surface area contributed by atoms with E-state index in [2.05, 4.69) is 10.1 Å². The molecule has 1 aliphatic carbocycles. The van der Waals surface area contributed by atoms with Crippen molar-refractivity contribution in [1.29, 1.82) is 0 Å². The molecule has 1 aliphatic rings. The minimum atomic E-state index is -0.424. The van der Waals surface area contributed by atoms with Crippen LogP contribution in [0.25, 0.3) is 11.5 Å². The van der Waals surface area contributed by atoms with E-state index in [9.17, 15) is 0 Å². The number of ether oxygens (including phenoxy) is 1. The van der Waals surface area contributed by atoms with Gasteiger partial charge in [0.1, 0.15) is 5.75 Å². The smallest absolute Gasteiger partial charge is 0.257 e. The van der Waals surface area contributed by atoms with Crippen molar-refractivity contribution < 1.29 is 9.26 Å². The van der Waals surface area contributed by atoms with Gasteiger partial charge in [-0.25, -0.2) is 0 Å². The Morgan fingerprint density at radius 1 is 1.15 bits per heavy atom. The Hall–Kier alpha value is -1.88. The van der Waals surface area contributed by atoms with Gasteiger partial charge in [-0.3, -0.25) is 0 Å². The van der Waals surface area contributed by atoms with Crippen LogP contribution >= 0.6 is 0 Å². The lowest BCUT2D eigenvalue weighted by Gasteiger charge is -2.29. The molecule has 1 saturated carbocycles. The van der Waals surface area contributed by atoms with Crippen molar-refractivity contribution in [1.82, 2.24) is 10.1 Å². The first kappa shape index (κ1) is 13.1. The van der Waals surface area contributed by atoms with E-state index in [1.54, 1.807) is 7.11 Å². The fourth-order valence-electron chi connectivity index (χ4n) is 2.68. The molecule has 1 fully saturated rings. The van der Waals surface area contributed by atoms with Crippen molar-refractivity contribution in [2.45, 2.75) is 37.6 Å². The van der Waals surface area contributed by atoms with Gasteiger partial charge in [-0.2, -0.15) is 4.98 Å². The Bertz CT molecular complexity index is 571. The molecule has 0 bridgehead atoms. The number of aromatic nitrogens is 2. The van der Waals surface area contributed by atoms with Crippen molar-refractivity contribution in [3.63, 3.8) is 0 Å². The van der Waals surface area contributed by atoms with Gasteiger partial charge in [-0.1, -0.05) is 24.4 Å². The highest BCUT2D eigenvalue weighted by atomic mass is 16.5. The molecule has 20 heavy (non-hydrogen) atoms. The van der Waals surface area contributed by atoms with E-state index in [1.165, 1.54) is 6.42 Å². The third-order valence-corrected chi connectivity index (χ3v) is 3.95. The molecule has 0 aliphatic heterocycles. The van der Waals surface area contributed by atoms with Crippen LogP contribution in [-0.4, -0.2) is 17.3 Å². The van der Waals surface area contributed by atoms with Gasteiger partial charge in [0.2, 0.25) is 0 Å². The molecule has 1 aromatic heterocycles. The number of hydrogen-bond donors (Lipinski definition) is 1. The highest BCUT2D eigenvalue weighted by Gasteiger charge is 2.34. The molecule has 0 radical (unpaired) electrons. The van der Waals surface area contributed by atoms with Gasteiger partial charge in [0.15, 0.2) is 5.82 Å². The van der Waals surface area contributed by atoms with Crippen molar-refractivity contribution in [2.24, 2.45) is 5.73 Å². The number of hydrogen-bond acceptors (Lipinski definition) is 5. The van der Waals surface area contributed by atoms with E-state index in [-0.39, 0.29) is 0 Å². The minimum absolute atomic E-state index is 0.424. The second-order valence-electron chi connectivity index (χ2n) is 5.37. The van der Waals surface area contributed by atoms with Gasteiger partial charge in [0.05, 0.1) is 12.6 Å². The molecule has 0 amide bonds. The maximum absolute atomic E-state index is 6.41. The molecular formula is C15H19N3O2. The third kappa shape index (κ3) is 2.41. The fourth-order valence-corrected chi connectivity index (χ4v) is 2.68. The topological polar surface area (TPSA) is 74.2 Å². The zero-order valence-corrected chi connectivity index (χ0v) is 11.6. The lowest BCUT2D eigenvalue weighted by atomic mass is 9.82. The van der Waals surface area contributed by atoms with Crippen LogP contribution < -0.4 is 10.5 Å². The van der Waals surface area contributed by atoms with Gasteiger partial charge in [-0.05, 0) is 37.1 Å². The van der Waals surface area contributed by atoms with E-state index in [4.69, 9.17) is 15.0 Å². The average Bonchev–Trinajstić information content (AvgIpc) is 2.99. The lowest BCUT2D eigenvalue weighted by molar-refractivity contribution is 0.275. The summed E-state index contributed by atoms with van der Waals surface area (Å²) < 4.78 is 10.5. The van der Waals surface area contributed by atoms with Crippen molar-refractivity contribution >= 4 is 0 Å². The van der Waals surface area contributed by atoms with E-state index in [0.29, 0.717) is 11.7 Å². The summed E-state index contributed by atoms with van der Waals surface area (Å²) in [5, 5.41) is 4.09. The van der Waals surface area contributed by atoms with E-state index in [1.807, 2.05) is 24.3 Å². The summed E-state index contributed by atoms with van der Waals surface area (Å²) in [5.41, 5.74) is 6.87. The van der Waals surface area contributed by atoms with Crippen LogP contribution in [0, 0.1) is 0 Å². The predicted octanol–water partition coefficient (Wildman–Crippen LogP) is 2.86. The molecule has 0 saturated heterocycles. The number of benzene rings is 1. The van der Waals surface area contributed by atoms with Crippen LogP contribution in [0.15, 0.2) is 28.8 Å². The molecular weight excluding hydrogens is 254 g/mol. The molecule has 5 heteroatoms. The van der Waals surface area contributed by atoms with E-state index < -0.39 is 5.54 Å². The summed E-state index contributed by atoms with van der Waals surface area (Å²) in [4.78, 5) is 4.49. The van der Waals surface area contributed by atoms with Crippen LogP contribution in [0.4, 0.5) is 0 Å². The number of methoxy groups -OCH3 is 1. The molecule has 106 valence electrons. The van der Waals surface area contributed by atoms with Crippen LogP contribution in [0.5, 0.6) is 5.75 Å². The number of nitrogens with two attached hydrogens (primary N) is 1. The molecule has 3 rings (SSSR count). The summed E-state index contributed by atoms with van der Waals surface area (Å²) in [7, 11) is 1.64. The van der Waals surface area contributed by atoms with Crippen molar-refractivity contribution in [2.75, 3.05) is 7.11 Å². The van der Waals surface area contributed by atoms with Crippen molar-refractivity contribution in [3.05, 3.63) is 30.1 Å². The highest BCUT2D eigenvalue weighted by Crippen LogP contribution is 2.34. The molecule has 5 nitrogen and oxygen atoms in total. The first-order chi connectivity index (χ1) is 9.71. The van der Waals surface area contributed by atoms with E-state index >= 15 is 0 Å². The maximum Gasteiger partial charge on any atom is 0.257 e. The zero-order valence-electron chi connectivity index (χ0n) is 11.6. The van der Waals surface area contributed by atoms with Crippen molar-refractivity contribution in [3.8, 4) is 17.2 Å². The molecule has 0 unspecified atom stereocenters. The molecule has 1 heterocycles. The number of rotatable bonds is 3. The largest absolute Gasteiger partial charge is 0.497 e. The molecule has 2 aromatic rings. The summed E-state index contributed by atoms with van der Waals surface area (Å²) in [6.45, 7) is 0. The lowest BCUT2D eigenvalue weighted by Crippen LogP contribution is -2.39. The second kappa shape index (κ2) is 5.25. The van der Waals surface area contributed by atoms with E-state index in [0.717, 1.165) is 37.0 Å². The first-order valence-corrected chi connectivity index (χ1v) is 6.99. The summed E-state index contributed by atoms with van der Waals surface area (Å²) in [6.07, 6.45) is 5.34. The number of nitrogens with zero attached hydrogens (tertiary/aromatic N) is 2. The van der Waals surface area contributed by atoms with Gasteiger partial charge in [-0.15, -0.1) is 0 Å². The normalized spacial score (nSPS) is 17.9. The standard InChI is InChI=1S/C15H19N3O2/c1-19-12-7-5-11(6-8-12)13-17-14(18-20-13)15(16)9-3-2-4-10-15/h5-8H,2-4,9-10,16H2,1H3. The maximum atomic E-state index is 6.41. The molecule has 0 atom stereocenters. The summed E-state index contributed by atoms with van der Waals surface area (Å²) in [5.74, 6) is 1.94. The predicted molar refractivity (Wildman–Crippen MR) is 75.2 cm³/mol. The quantitative estimate of drug-likeness (QED) is 0.930. The summed E-state index contributed by atoms with van der Waals surface area (Å²) in [6, 6.07) is 7.55. The minimum Gasteiger partial charge on any atom is -0.497 e. The van der Waals surface area contributed by atoms with Crippen LogP contribution in [0.2, 0.25) is 0 Å². The summed E-state index contributed by atoms with van der Waals surface area (Å²) >= 11 is 0. The Labute approximate surface area is 118 Å². The first-order valence-electron chi connectivity index (χ1n) is 6.99. The Morgan fingerprint density at radius 2 is 1.85 bits per heavy atom. The Morgan fingerprint density at radius 3 is 2.50 bits per heavy atom.